The monoisotopic (exact) mass is 173 g/mol. The van der Waals surface area contributed by atoms with Crippen molar-refractivity contribution in [2.75, 3.05) is 0 Å². The Bertz CT molecular complexity index is 260. The van der Waals surface area contributed by atoms with Gasteiger partial charge in [0, 0.05) is 0 Å². The number of aliphatic carboxylic acids is 1. The molecule has 1 rings (SSSR count). The second-order valence-corrected chi connectivity index (χ2v) is 2.10. The van der Waals surface area contributed by atoms with E-state index in [-0.39, 0.29) is 5.82 Å². The molecule has 7 heteroatoms. The first-order chi connectivity index (χ1) is 5.63. The maximum Gasteiger partial charge on any atom is 0.335 e. The molecule has 0 aliphatic carbocycles. The molecule has 0 aromatic carbocycles. The van der Waals surface area contributed by atoms with E-state index in [0.29, 0.717) is 0 Å². The summed E-state index contributed by atoms with van der Waals surface area (Å²) in [6.07, 6.45) is -2.37. The smallest absolute Gasteiger partial charge is 0.335 e. The maximum atomic E-state index is 10.2. The Labute approximate surface area is 66.7 Å². The van der Waals surface area contributed by atoms with Gasteiger partial charge in [0.15, 0.2) is 11.9 Å². The van der Waals surface area contributed by atoms with Crippen LogP contribution in [0, 0.1) is 0 Å². The molecule has 0 radical (unpaired) electrons. The third-order valence-corrected chi connectivity index (χ3v) is 1.27. The number of aromatic amines is 1. The van der Waals surface area contributed by atoms with Gasteiger partial charge in [0.25, 0.3) is 0 Å². The zero-order valence-electron chi connectivity index (χ0n) is 5.88. The highest BCUT2D eigenvalue weighted by atomic mass is 16.4. The Kier molecular flexibility index (Phi) is 2.36. The van der Waals surface area contributed by atoms with Gasteiger partial charge >= 0.3 is 5.97 Å². The molecule has 0 saturated heterocycles. The van der Waals surface area contributed by atoms with E-state index in [2.05, 4.69) is 15.2 Å². The predicted octanol–water partition coefficient (Wildman–Crippen LogP) is -1.72. The molecule has 7 nitrogen and oxygen atoms in total. The second kappa shape index (κ2) is 3.28. The van der Waals surface area contributed by atoms with Crippen molar-refractivity contribution in [3.05, 3.63) is 12.2 Å². The average Bonchev–Trinajstić information content (AvgIpc) is 2.53. The van der Waals surface area contributed by atoms with E-state index < -0.39 is 18.2 Å². The summed E-state index contributed by atoms with van der Waals surface area (Å²) in [5.74, 6) is -1.59. The molecule has 0 aliphatic heterocycles. The highest BCUT2D eigenvalue weighted by Gasteiger charge is 2.26. The number of H-pyrrole nitrogens is 1. The number of nitrogens with zero attached hydrogens (tertiary/aromatic N) is 2. The van der Waals surface area contributed by atoms with Crippen LogP contribution in [-0.2, 0) is 4.79 Å². The number of hydrogen-bond acceptors (Lipinski definition) is 5. The van der Waals surface area contributed by atoms with E-state index in [9.17, 15) is 4.79 Å². The Morgan fingerprint density at radius 3 is 2.67 bits per heavy atom. The average molecular weight is 173 g/mol. The molecule has 0 aliphatic rings. The zero-order valence-corrected chi connectivity index (χ0v) is 5.88. The SMILES string of the molecule is O=C(O)C(O)C(O)c1ncn[nH]1. The van der Waals surface area contributed by atoms with Gasteiger partial charge in [-0.3, -0.25) is 5.10 Å². The number of carbonyl (C=O) groups is 1. The Morgan fingerprint density at radius 1 is 1.58 bits per heavy atom. The van der Waals surface area contributed by atoms with Gasteiger partial charge in [0.05, 0.1) is 0 Å². The van der Waals surface area contributed by atoms with Crippen LogP contribution >= 0.6 is 0 Å². The minimum Gasteiger partial charge on any atom is -0.479 e. The standard InChI is InChI=1S/C5H7N3O4/c9-2(3(10)5(11)12)4-6-1-7-8-4/h1-3,9-10H,(H,11,12)(H,6,7,8). The summed E-state index contributed by atoms with van der Waals surface area (Å²) in [5.41, 5.74) is 0. The summed E-state index contributed by atoms with van der Waals surface area (Å²) >= 11 is 0. The minimum absolute atomic E-state index is 0.0788. The minimum atomic E-state index is -1.89. The molecule has 4 N–H and O–H groups in total. The van der Waals surface area contributed by atoms with Crippen molar-refractivity contribution in [2.45, 2.75) is 12.2 Å². The molecule has 0 amide bonds. The Morgan fingerprint density at radius 2 is 2.25 bits per heavy atom. The lowest BCUT2D eigenvalue weighted by Crippen LogP contribution is -2.28. The number of carboxylic acid groups (broad SMARTS) is 1. The van der Waals surface area contributed by atoms with E-state index >= 15 is 0 Å². The van der Waals surface area contributed by atoms with Crippen LogP contribution < -0.4 is 0 Å². The molecule has 1 aromatic heterocycles. The summed E-state index contributed by atoms with van der Waals surface area (Å²) in [5, 5.41) is 31.8. The van der Waals surface area contributed by atoms with Crippen LogP contribution in [0.2, 0.25) is 0 Å². The van der Waals surface area contributed by atoms with E-state index in [0.717, 1.165) is 6.33 Å². The van der Waals surface area contributed by atoms with Gasteiger partial charge in [-0.2, -0.15) is 5.10 Å². The summed E-state index contributed by atoms with van der Waals surface area (Å²) in [7, 11) is 0. The molecule has 0 bridgehead atoms. The lowest BCUT2D eigenvalue weighted by molar-refractivity contribution is -0.153. The summed E-state index contributed by atoms with van der Waals surface area (Å²) in [4.78, 5) is 13.6. The number of aliphatic hydroxyl groups is 2. The fourth-order valence-corrected chi connectivity index (χ4v) is 0.642. The number of rotatable bonds is 3. The molecular weight excluding hydrogens is 166 g/mol. The van der Waals surface area contributed by atoms with E-state index in [1.54, 1.807) is 0 Å². The lowest BCUT2D eigenvalue weighted by Gasteiger charge is -2.09. The first-order valence-corrected chi connectivity index (χ1v) is 3.07. The molecule has 1 heterocycles. The first-order valence-electron chi connectivity index (χ1n) is 3.07. The van der Waals surface area contributed by atoms with Crippen LogP contribution in [0.5, 0.6) is 0 Å². The van der Waals surface area contributed by atoms with Gasteiger partial charge in [0.2, 0.25) is 0 Å². The van der Waals surface area contributed by atoms with E-state index in [4.69, 9.17) is 15.3 Å². The molecule has 0 saturated carbocycles. The predicted molar refractivity (Wildman–Crippen MR) is 35.0 cm³/mol. The van der Waals surface area contributed by atoms with E-state index in [1.807, 2.05) is 0 Å². The van der Waals surface area contributed by atoms with Crippen LogP contribution in [0.4, 0.5) is 0 Å². The molecule has 12 heavy (non-hydrogen) atoms. The quantitative estimate of drug-likeness (QED) is 0.431. The number of carboxylic acids is 1. The largest absolute Gasteiger partial charge is 0.479 e. The highest BCUT2D eigenvalue weighted by molar-refractivity contribution is 5.72. The van der Waals surface area contributed by atoms with Gasteiger partial charge in [-0.1, -0.05) is 0 Å². The van der Waals surface area contributed by atoms with Gasteiger partial charge in [-0.25, -0.2) is 9.78 Å². The van der Waals surface area contributed by atoms with Crippen molar-refractivity contribution in [3.8, 4) is 0 Å². The van der Waals surface area contributed by atoms with Crippen LogP contribution in [0.15, 0.2) is 6.33 Å². The van der Waals surface area contributed by atoms with Crippen molar-refractivity contribution in [3.63, 3.8) is 0 Å². The molecular formula is C5H7N3O4. The Hall–Kier alpha value is -1.47. The Balaban J connectivity index is 2.71. The summed E-state index contributed by atoms with van der Waals surface area (Å²) in [6, 6.07) is 0. The molecule has 0 spiro atoms. The van der Waals surface area contributed by atoms with Gasteiger partial charge < -0.3 is 15.3 Å². The molecule has 1 aromatic rings. The van der Waals surface area contributed by atoms with Crippen LogP contribution in [0.1, 0.15) is 11.9 Å². The lowest BCUT2D eigenvalue weighted by atomic mass is 10.2. The van der Waals surface area contributed by atoms with Gasteiger partial charge in [-0.15, -0.1) is 0 Å². The zero-order chi connectivity index (χ0) is 9.14. The third-order valence-electron chi connectivity index (χ3n) is 1.27. The topological polar surface area (TPSA) is 119 Å². The fraction of sp³-hybridized carbons (Fsp3) is 0.400. The highest BCUT2D eigenvalue weighted by Crippen LogP contribution is 2.10. The van der Waals surface area contributed by atoms with Crippen molar-refractivity contribution in [1.29, 1.82) is 0 Å². The first kappa shape index (κ1) is 8.62. The second-order valence-electron chi connectivity index (χ2n) is 2.10. The molecule has 2 unspecified atom stereocenters. The number of aliphatic hydroxyl groups excluding tert-OH is 2. The molecule has 0 fully saturated rings. The normalized spacial score (nSPS) is 15.5. The van der Waals surface area contributed by atoms with Crippen molar-refractivity contribution in [1.82, 2.24) is 15.2 Å². The van der Waals surface area contributed by atoms with Gasteiger partial charge in [-0.05, 0) is 0 Å². The van der Waals surface area contributed by atoms with Crippen LogP contribution in [0.25, 0.3) is 0 Å². The summed E-state index contributed by atoms with van der Waals surface area (Å²) < 4.78 is 0. The van der Waals surface area contributed by atoms with Crippen molar-refractivity contribution >= 4 is 5.97 Å². The fourth-order valence-electron chi connectivity index (χ4n) is 0.642. The number of nitrogens with one attached hydrogen (secondary N) is 1. The van der Waals surface area contributed by atoms with Crippen molar-refractivity contribution in [2.24, 2.45) is 0 Å². The number of hydrogen-bond donors (Lipinski definition) is 4. The van der Waals surface area contributed by atoms with Crippen LogP contribution in [-0.4, -0.2) is 42.6 Å². The van der Waals surface area contributed by atoms with Gasteiger partial charge in [0.1, 0.15) is 12.4 Å². The molecule has 2 atom stereocenters. The van der Waals surface area contributed by atoms with Crippen LogP contribution in [0.3, 0.4) is 0 Å². The molecule has 66 valence electrons. The maximum absolute atomic E-state index is 10.2. The number of aromatic nitrogens is 3. The van der Waals surface area contributed by atoms with Crippen molar-refractivity contribution < 1.29 is 20.1 Å². The third kappa shape index (κ3) is 1.57. The summed E-state index contributed by atoms with van der Waals surface area (Å²) in [6.45, 7) is 0. The van der Waals surface area contributed by atoms with E-state index in [1.165, 1.54) is 0 Å².